The molecule has 0 radical (unpaired) electrons. The minimum Gasteiger partial charge on any atom is -0.495 e. The summed E-state index contributed by atoms with van der Waals surface area (Å²) in [6.07, 6.45) is 1.08. The van der Waals surface area contributed by atoms with Crippen molar-refractivity contribution < 1.29 is 31.1 Å². The summed E-state index contributed by atoms with van der Waals surface area (Å²) in [6, 6.07) is 4.30. The zero-order valence-electron chi connectivity index (χ0n) is 18.5. The van der Waals surface area contributed by atoms with Gasteiger partial charge in [0.25, 0.3) is 10.2 Å². The molecule has 0 aliphatic carbocycles. The van der Waals surface area contributed by atoms with Gasteiger partial charge in [-0.05, 0) is 31.0 Å². The van der Waals surface area contributed by atoms with Crippen LogP contribution < -0.4 is 10.1 Å². The Bertz CT molecular complexity index is 1040. The van der Waals surface area contributed by atoms with Gasteiger partial charge in [-0.25, -0.2) is 8.42 Å². The Morgan fingerprint density at radius 3 is 2.44 bits per heavy atom. The molecule has 1 aromatic rings. The van der Waals surface area contributed by atoms with E-state index < -0.39 is 26.2 Å². The molecular formula is C19H30N4O7S2. The largest absolute Gasteiger partial charge is 0.495 e. The van der Waals surface area contributed by atoms with Crippen LogP contribution >= 0.6 is 0 Å². The molecule has 2 saturated heterocycles. The topological polar surface area (TPSA) is 126 Å². The first-order chi connectivity index (χ1) is 15.1. The highest BCUT2D eigenvalue weighted by molar-refractivity contribution is 7.89. The Balaban J connectivity index is 1.80. The molecular weight excluding hydrogens is 460 g/mol. The maximum absolute atomic E-state index is 13.0. The molecule has 0 spiro atoms. The molecule has 1 amide bonds. The molecule has 0 unspecified atom stereocenters. The van der Waals surface area contributed by atoms with Gasteiger partial charge in [-0.1, -0.05) is 0 Å². The average Bonchev–Trinajstić information content (AvgIpc) is 2.79. The summed E-state index contributed by atoms with van der Waals surface area (Å²) in [5, 5.41) is 2.74. The lowest BCUT2D eigenvalue weighted by atomic mass is 9.98. The molecule has 1 aromatic carbocycles. The Kier molecular flexibility index (Phi) is 7.78. The van der Waals surface area contributed by atoms with Gasteiger partial charge in [0.1, 0.15) is 5.75 Å². The van der Waals surface area contributed by atoms with E-state index >= 15 is 0 Å². The van der Waals surface area contributed by atoms with Gasteiger partial charge in [0.05, 0.1) is 36.8 Å². The molecule has 1 N–H and O–H groups in total. The van der Waals surface area contributed by atoms with E-state index in [1.54, 1.807) is 0 Å². The molecule has 13 heteroatoms. The fourth-order valence-corrected chi connectivity index (χ4v) is 6.34. The number of morpholine rings is 1. The van der Waals surface area contributed by atoms with Gasteiger partial charge in [0.2, 0.25) is 15.9 Å². The number of hydrogen-bond donors (Lipinski definition) is 1. The second-order valence-corrected chi connectivity index (χ2v) is 11.9. The molecule has 3 rings (SSSR count). The Hall–Kier alpha value is -1.77. The van der Waals surface area contributed by atoms with E-state index in [1.807, 2.05) is 0 Å². The smallest absolute Gasteiger partial charge is 0.281 e. The first-order valence-electron chi connectivity index (χ1n) is 10.3. The van der Waals surface area contributed by atoms with Crippen molar-refractivity contribution in [2.45, 2.75) is 17.7 Å². The monoisotopic (exact) mass is 490 g/mol. The quantitative estimate of drug-likeness (QED) is 0.578. The summed E-state index contributed by atoms with van der Waals surface area (Å²) in [5.41, 5.74) is 0.222. The van der Waals surface area contributed by atoms with Crippen LogP contribution in [0.15, 0.2) is 23.1 Å². The van der Waals surface area contributed by atoms with Gasteiger partial charge < -0.3 is 14.8 Å². The fraction of sp³-hybridized carbons (Fsp3) is 0.632. The zero-order valence-corrected chi connectivity index (χ0v) is 20.1. The van der Waals surface area contributed by atoms with E-state index in [1.165, 1.54) is 48.0 Å². The number of rotatable bonds is 7. The molecule has 2 aliphatic heterocycles. The molecule has 2 heterocycles. The fourth-order valence-electron chi connectivity index (χ4n) is 3.71. The van der Waals surface area contributed by atoms with Crippen LogP contribution in [0.1, 0.15) is 12.8 Å². The Morgan fingerprint density at radius 2 is 1.81 bits per heavy atom. The number of nitrogens with one attached hydrogen (secondary N) is 1. The second-order valence-electron chi connectivity index (χ2n) is 7.86. The average molecular weight is 491 g/mol. The van der Waals surface area contributed by atoms with Gasteiger partial charge in [0, 0.05) is 40.3 Å². The second kappa shape index (κ2) is 10.0. The van der Waals surface area contributed by atoms with Crippen molar-refractivity contribution in [2.75, 3.05) is 65.9 Å². The lowest BCUT2D eigenvalue weighted by Gasteiger charge is -2.32. The molecule has 180 valence electrons. The van der Waals surface area contributed by atoms with Crippen molar-refractivity contribution >= 4 is 31.8 Å². The molecule has 32 heavy (non-hydrogen) atoms. The van der Waals surface area contributed by atoms with E-state index in [0.29, 0.717) is 38.3 Å². The van der Waals surface area contributed by atoms with E-state index in [2.05, 4.69) is 5.32 Å². The first kappa shape index (κ1) is 24.9. The van der Waals surface area contributed by atoms with Gasteiger partial charge >= 0.3 is 0 Å². The van der Waals surface area contributed by atoms with Crippen molar-refractivity contribution in [3.63, 3.8) is 0 Å². The zero-order chi connectivity index (χ0) is 23.5. The lowest BCUT2D eigenvalue weighted by Crippen LogP contribution is -2.47. The summed E-state index contributed by atoms with van der Waals surface area (Å²) in [7, 11) is -3.06. The number of hydrogen-bond acceptors (Lipinski definition) is 7. The van der Waals surface area contributed by atoms with Crippen LogP contribution in [0.4, 0.5) is 5.69 Å². The number of nitrogens with zero attached hydrogens (tertiary/aromatic N) is 3. The standard InChI is InChI=1S/C19H30N4O7S2/c1-21(2)32(27,28)23-8-4-5-15(14-23)19(24)20-17-13-16(6-7-18(17)29-3)31(25,26)22-9-11-30-12-10-22/h6-7,13,15H,4-5,8-12,14H2,1-3H3,(H,20,24)/t15-/m1/s1. The highest BCUT2D eigenvalue weighted by atomic mass is 32.2. The third-order valence-electron chi connectivity index (χ3n) is 5.58. The predicted octanol–water partition coefficient (Wildman–Crippen LogP) is 0.173. The van der Waals surface area contributed by atoms with Crippen LogP contribution in [0, 0.1) is 5.92 Å². The summed E-state index contributed by atoms with van der Waals surface area (Å²) >= 11 is 0. The summed E-state index contributed by atoms with van der Waals surface area (Å²) in [6.45, 7) is 1.57. The van der Waals surface area contributed by atoms with Crippen LogP contribution in [0.25, 0.3) is 0 Å². The number of carbonyl (C=O) groups is 1. The van der Waals surface area contributed by atoms with Crippen molar-refractivity contribution in [1.82, 2.24) is 12.9 Å². The van der Waals surface area contributed by atoms with Crippen molar-refractivity contribution in [3.05, 3.63) is 18.2 Å². The maximum Gasteiger partial charge on any atom is 0.281 e. The van der Waals surface area contributed by atoms with Crippen LogP contribution in [0.5, 0.6) is 5.75 Å². The van der Waals surface area contributed by atoms with Crippen LogP contribution in [0.2, 0.25) is 0 Å². The number of sulfonamides is 1. The molecule has 2 fully saturated rings. The van der Waals surface area contributed by atoms with E-state index in [9.17, 15) is 21.6 Å². The third-order valence-corrected chi connectivity index (χ3v) is 9.38. The highest BCUT2D eigenvalue weighted by Crippen LogP contribution is 2.30. The highest BCUT2D eigenvalue weighted by Gasteiger charge is 2.34. The Labute approximate surface area is 189 Å². The molecule has 0 aromatic heterocycles. The van der Waals surface area contributed by atoms with Crippen molar-refractivity contribution in [2.24, 2.45) is 5.92 Å². The number of ether oxygens (including phenoxy) is 2. The van der Waals surface area contributed by atoms with Crippen LogP contribution in [-0.4, -0.2) is 96.3 Å². The normalized spacial score (nSPS) is 21.4. The van der Waals surface area contributed by atoms with Crippen molar-refractivity contribution in [3.8, 4) is 5.75 Å². The number of amides is 1. The third kappa shape index (κ3) is 5.24. The van der Waals surface area contributed by atoms with E-state index in [4.69, 9.17) is 9.47 Å². The number of carbonyl (C=O) groups excluding carboxylic acids is 1. The Morgan fingerprint density at radius 1 is 1.12 bits per heavy atom. The maximum atomic E-state index is 13.0. The minimum absolute atomic E-state index is 0.0379. The SMILES string of the molecule is COc1ccc(S(=O)(=O)N2CCOCC2)cc1NC(=O)[C@@H]1CCCN(S(=O)(=O)N(C)C)C1. The van der Waals surface area contributed by atoms with Gasteiger partial charge in [-0.15, -0.1) is 0 Å². The van der Waals surface area contributed by atoms with Crippen LogP contribution in [0.3, 0.4) is 0 Å². The van der Waals surface area contributed by atoms with E-state index in [0.717, 1.165) is 4.31 Å². The minimum atomic E-state index is -3.75. The first-order valence-corrected chi connectivity index (χ1v) is 13.2. The molecule has 0 bridgehead atoms. The molecule has 11 nitrogen and oxygen atoms in total. The van der Waals surface area contributed by atoms with Gasteiger partial charge in [0.15, 0.2) is 0 Å². The molecule has 1 atom stereocenters. The summed E-state index contributed by atoms with van der Waals surface area (Å²) in [4.78, 5) is 13.0. The van der Waals surface area contributed by atoms with Crippen molar-refractivity contribution in [1.29, 1.82) is 0 Å². The van der Waals surface area contributed by atoms with E-state index in [-0.39, 0.29) is 36.1 Å². The van der Waals surface area contributed by atoms with Crippen LogP contribution in [-0.2, 0) is 29.8 Å². The summed E-state index contributed by atoms with van der Waals surface area (Å²) < 4.78 is 65.1. The van der Waals surface area contributed by atoms with Gasteiger partial charge in [-0.2, -0.15) is 21.3 Å². The molecule has 0 saturated carbocycles. The van der Waals surface area contributed by atoms with Gasteiger partial charge in [-0.3, -0.25) is 4.79 Å². The number of methoxy groups -OCH3 is 1. The number of piperidine rings is 1. The number of benzene rings is 1. The number of anilines is 1. The predicted molar refractivity (Wildman–Crippen MR) is 118 cm³/mol. The lowest BCUT2D eigenvalue weighted by molar-refractivity contribution is -0.120. The summed E-state index contributed by atoms with van der Waals surface area (Å²) in [5.74, 6) is -0.640. The molecule has 2 aliphatic rings.